The first-order valence-electron chi connectivity index (χ1n) is 8.49. The summed E-state index contributed by atoms with van der Waals surface area (Å²) in [6, 6.07) is 5.44. The van der Waals surface area contributed by atoms with Crippen LogP contribution in [0.5, 0.6) is 11.5 Å². The van der Waals surface area contributed by atoms with E-state index < -0.39 is 0 Å². The molecule has 0 saturated carbocycles. The topological polar surface area (TPSA) is 80.4 Å². The molecular formula is C19H20N2O4. The van der Waals surface area contributed by atoms with Gasteiger partial charge in [0.15, 0.2) is 17.3 Å². The Morgan fingerprint density at radius 1 is 1.24 bits per heavy atom. The summed E-state index contributed by atoms with van der Waals surface area (Å²) in [6.07, 6.45) is 2.20. The summed E-state index contributed by atoms with van der Waals surface area (Å²) in [6.45, 7) is 3.97. The molecule has 0 radical (unpaired) electrons. The number of carbonyl (C=O) groups is 2. The Bertz CT molecular complexity index is 869. The number of fused-ring (bicyclic) bond motifs is 2. The van der Waals surface area contributed by atoms with E-state index in [2.05, 4.69) is 10.3 Å². The number of hydrogen-bond donors (Lipinski definition) is 2. The lowest BCUT2D eigenvalue weighted by atomic mass is 9.94. The van der Waals surface area contributed by atoms with Crippen LogP contribution in [0.15, 0.2) is 18.2 Å². The summed E-state index contributed by atoms with van der Waals surface area (Å²) >= 11 is 0. The highest BCUT2D eigenvalue weighted by Gasteiger charge is 2.27. The third kappa shape index (κ3) is 2.67. The van der Waals surface area contributed by atoms with Gasteiger partial charge in [0.1, 0.15) is 5.69 Å². The van der Waals surface area contributed by atoms with Crippen molar-refractivity contribution in [2.24, 2.45) is 0 Å². The average Bonchev–Trinajstić information content (AvgIpc) is 3.19. The summed E-state index contributed by atoms with van der Waals surface area (Å²) in [5.74, 6) is 1.33. The fourth-order valence-corrected chi connectivity index (χ4v) is 3.54. The first-order valence-corrected chi connectivity index (χ1v) is 8.49. The van der Waals surface area contributed by atoms with Crippen LogP contribution < -0.4 is 14.8 Å². The highest BCUT2D eigenvalue weighted by atomic mass is 16.7. The lowest BCUT2D eigenvalue weighted by Crippen LogP contribution is -2.27. The van der Waals surface area contributed by atoms with Gasteiger partial charge in [-0.2, -0.15) is 0 Å². The van der Waals surface area contributed by atoms with Crippen LogP contribution >= 0.6 is 0 Å². The molecule has 130 valence electrons. The third-order valence-electron chi connectivity index (χ3n) is 4.91. The van der Waals surface area contributed by atoms with Crippen LogP contribution in [-0.4, -0.2) is 23.5 Å². The van der Waals surface area contributed by atoms with E-state index in [9.17, 15) is 9.59 Å². The molecule has 0 fully saturated rings. The van der Waals surface area contributed by atoms with Gasteiger partial charge < -0.3 is 19.8 Å². The second kappa shape index (κ2) is 5.95. The third-order valence-corrected chi connectivity index (χ3v) is 4.91. The second-order valence-corrected chi connectivity index (χ2v) is 6.56. The van der Waals surface area contributed by atoms with Crippen LogP contribution in [0.3, 0.4) is 0 Å². The number of rotatable bonds is 3. The molecule has 2 N–H and O–H groups in total. The van der Waals surface area contributed by atoms with E-state index in [0.29, 0.717) is 29.2 Å². The minimum atomic E-state index is -0.204. The number of nitrogens with one attached hydrogen (secondary N) is 2. The first-order chi connectivity index (χ1) is 12.0. The monoisotopic (exact) mass is 340 g/mol. The zero-order chi connectivity index (χ0) is 17.6. The van der Waals surface area contributed by atoms with Crippen molar-refractivity contribution in [1.82, 2.24) is 10.3 Å². The fourth-order valence-electron chi connectivity index (χ4n) is 3.54. The lowest BCUT2D eigenvalue weighted by Gasteiger charge is -2.14. The Morgan fingerprint density at radius 3 is 2.84 bits per heavy atom. The maximum Gasteiger partial charge on any atom is 0.268 e. The molecule has 4 rings (SSSR count). The zero-order valence-electron chi connectivity index (χ0n) is 14.3. The molecule has 25 heavy (non-hydrogen) atoms. The molecule has 1 aliphatic heterocycles. The van der Waals surface area contributed by atoms with Gasteiger partial charge in [-0.1, -0.05) is 6.07 Å². The van der Waals surface area contributed by atoms with Crippen molar-refractivity contribution in [3.63, 3.8) is 0 Å². The number of carbonyl (C=O) groups excluding carboxylic acids is 2. The molecular weight excluding hydrogens is 320 g/mol. The average molecular weight is 340 g/mol. The molecule has 1 amide bonds. The van der Waals surface area contributed by atoms with Crippen LogP contribution in [-0.2, 0) is 6.42 Å². The van der Waals surface area contributed by atoms with E-state index >= 15 is 0 Å². The number of aromatic nitrogens is 1. The van der Waals surface area contributed by atoms with Crippen molar-refractivity contribution in [3.8, 4) is 11.5 Å². The molecule has 6 heteroatoms. The molecule has 1 aromatic heterocycles. The minimum absolute atomic E-state index is 0.123. The standard InChI is InChI=1S/C19H20N2O4/c1-10-17-13(4-3-5-14(17)22)21-18(10)19(23)20-11(2)12-6-7-15-16(8-12)25-9-24-15/h6-8,11,21H,3-5,9H2,1-2H3,(H,20,23). The molecule has 0 saturated heterocycles. The molecule has 1 unspecified atom stereocenters. The van der Waals surface area contributed by atoms with Gasteiger partial charge in [0.25, 0.3) is 5.91 Å². The van der Waals surface area contributed by atoms with Crippen molar-refractivity contribution < 1.29 is 19.1 Å². The van der Waals surface area contributed by atoms with Crippen molar-refractivity contribution in [2.75, 3.05) is 6.79 Å². The predicted octanol–water partition coefficient (Wildman–Crippen LogP) is 3.06. The number of amides is 1. The molecule has 1 aromatic carbocycles. The fraction of sp³-hybridized carbons (Fsp3) is 0.368. The summed E-state index contributed by atoms with van der Waals surface area (Å²) in [5, 5.41) is 2.99. The summed E-state index contributed by atoms with van der Waals surface area (Å²) < 4.78 is 10.7. The largest absolute Gasteiger partial charge is 0.454 e. The SMILES string of the molecule is Cc1c(C(=O)NC(C)c2ccc3c(c2)OCO3)[nH]c2c1C(=O)CCC2. The van der Waals surface area contributed by atoms with Gasteiger partial charge in [-0.05, 0) is 49.9 Å². The van der Waals surface area contributed by atoms with Gasteiger partial charge in [0.05, 0.1) is 6.04 Å². The maximum atomic E-state index is 12.7. The molecule has 1 atom stereocenters. The Balaban J connectivity index is 1.55. The Kier molecular flexibility index (Phi) is 3.75. The lowest BCUT2D eigenvalue weighted by molar-refractivity contribution is 0.0934. The number of H-pyrrole nitrogens is 1. The number of ketones is 1. The van der Waals surface area contributed by atoms with E-state index in [4.69, 9.17) is 9.47 Å². The van der Waals surface area contributed by atoms with Gasteiger partial charge in [-0.25, -0.2) is 0 Å². The number of benzene rings is 1. The quantitative estimate of drug-likeness (QED) is 0.900. The molecule has 2 heterocycles. The zero-order valence-corrected chi connectivity index (χ0v) is 14.3. The van der Waals surface area contributed by atoms with Crippen LogP contribution in [0.2, 0.25) is 0 Å². The van der Waals surface area contributed by atoms with E-state index in [1.54, 1.807) is 0 Å². The summed E-state index contributed by atoms with van der Waals surface area (Å²) in [7, 11) is 0. The first kappa shape index (κ1) is 15.7. The summed E-state index contributed by atoms with van der Waals surface area (Å²) in [5.41, 5.74) is 3.74. The maximum absolute atomic E-state index is 12.7. The smallest absolute Gasteiger partial charge is 0.268 e. The van der Waals surface area contributed by atoms with Gasteiger partial charge >= 0.3 is 0 Å². The van der Waals surface area contributed by atoms with Gasteiger partial charge in [-0.15, -0.1) is 0 Å². The van der Waals surface area contributed by atoms with E-state index in [1.165, 1.54) is 0 Å². The number of ether oxygens (including phenoxy) is 2. The molecule has 6 nitrogen and oxygen atoms in total. The van der Waals surface area contributed by atoms with Crippen LogP contribution in [0.1, 0.15) is 63.5 Å². The summed E-state index contributed by atoms with van der Waals surface area (Å²) in [4.78, 5) is 28.0. The van der Waals surface area contributed by atoms with E-state index in [-0.39, 0.29) is 24.5 Å². The van der Waals surface area contributed by atoms with Crippen molar-refractivity contribution >= 4 is 11.7 Å². The number of aryl methyl sites for hydroxylation is 1. The van der Waals surface area contributed by atoms with Crippen molar-refractivity contribution in [3.05, 3.63) is 46.3 Å². The van der Waals surface area contributed by atoms with Crippen LogP contribution in [0.4, 0.5) is 0 Å². The highest BCUT2D eigenvalue weighted by Crippen LogP contribution is 2.34. The Morgan fingerprint density at radius 2 is 2.04 bits per heavy atom. The molecule has 2 aromatic rings. The van der Waals surface area contributed by atoms with Gasteiger partial charge in [-0.3, -0.25) is 9.59 Å². The predicted molar refractivity (Wildman–Crippen MR) is 91.2 cm³/mol. The van der Waals surface area contributed by atoms with Gasteiger partial charge in [0.2, 0.25) is 6.79 Å². The van der Waals surface area contributed by atoms with Crippen LogP contribution in [0.25, 0.3) is 0 Å². The Hall–Kier alpha value is -2.76. The molecule has 0 bridgehead atoms. The van der Waals surface area contributed by atoms with Crippen molar-refractivity contribution in [2.45, 2.75) is 39.2 Å². The molecule has 1 aliphatic carbocycles. The van der Waals surface area contributed by atoms with E-state index in [1.807, 2.05) is 32.0 Å². The van der Waals surface area contributed by atoms with Gasteiger partial charge in [0, 0.05) is 17.7 Å². The minimum Gasteiger partial charge on any atom is -0.454 e. The molecule has 0 spiro atoms. The number of aromatic amines is 1. The number of Topliss-reactive ketones (excluding diaryl/α,β-unsaturated/α-hetero) is 1. The van der Waals surface area contributed by atoms with Crippen molar-refractivity contribution in [1.29, 1.82) is 0 Å². The normalized spacial score (nSPS) is 16.5. The molecule has 2 aliphatic rings. The highest BCUT2D eigenvalue weighted by molar-refractivity contribution is 6.04. The number of hydrogen-bond acceptors (Lipinski definition) is 4. The second-order valence-electron chi connectivity index (χ2n) is 6.56. The van der Waals surface area contributed by atoms with E-state index in [0.717, 1.165) is 29.7 Å². The Labute approximate surface area is 145 Å². The van der Waals surface area contributed by atoms with Crippen LogP contribution in [0, 0.1) is 6.92 Å².